The molecule has 0 spiro atoms. The molecule has 0 aliphatic carbocycles. The van der Waals surface area contributed by atoms with Crippen molar-refractivity contribution in [2.45, 2.75) is 6.04 Å². The maximum atomic E-state index is 5.63. The lowest BCUT2D eigenvalue weighted by Crippen LogP contribution is -2.26. The second-order valence-corrected chi connectivity index (χ2v) is 3.55. The number of nitrogens with zero attached hydrogens (tertiary/aromatic N) is 1. The minimum atomic E-state index is 0. The zero-order valence-electron chi connectivity index (χ0n) is 7.36. The van der Waals surface area contributed by atoms with Crippen LogP contribution in [0.5, 0.6) is 0 Å². The zero-order valence-corrected chi connectivity index (χ0v) is 8.99. The van der Waals surface area contributed by atoms with Crippen molar-refractivity contribution in [3.05, 3.63) is 22.4 Å². The van der Waals surface area contributed by atoms with Crippen LogP contribution in [-0.4, -0.2) is 25.5 Å². The summed E-state index contributed by atoms with van der Waals surface area (Å²) in [6, 6.07) is 2.50. The summed E-state index contributed by atoms with van der Waals surface area (Å²) in [7, 11) is 4.10. The molecule has 1 unspecified atom stereocenters. The summed E-state index contributed by atoms with van der Waals surface area (Å²) in [5.41, 5.74) is 6.95. The molecule has 12 heavy (non-hydrogen) atoms. The van der Waals surface area contributed by atoms with Crippen LogP contribution in [0.3, 0.4) is 0 Å². The van der Waals surface area contributed by atoms with Gasteiger partial charge in [-0.1, -0.05) is 0 Å². The number of likely N-dealkylation sites (N-methyl/N-ethyl adjacent to an activating group) is 1. The van der Waals surface area contributed by atoms with Crippen molar-refractivity contribution in [2.75, 3.05) is 20.6 Å². The highest BCUT2D eigenvalue weighted by Crippen LogP contribution is 2.18. The molecule has 0 aliphatic rings. The summed E-state index contributed by atoms with van der Waals surface area (Å²) in [5.74, 6) is 0. The molecule has 0 amide bonds. The van der Waals surface area contributed by atoms with E-state index in [0.29, 0.717) is 12.6 Å². The van der Waals surface area contributed by atoms with Gasteiger partial charge in [-0.05, 0) is 36.5 Å². The largest absolute Gasteiger partial charge is 0.329 e. The van der Waals surface area contributed by atoms with Crippen LogP contribution in [0, 0.1) is 0 Å². The summed E-state index contributed by atoms with van der Waals surface area (Å²) in [4.78, 5) is 2.14. The molecule has 1 heterocycles. The lowest BCUT2D eigenvalue weighted by Gasteiger charge is -2.21. The van der Waals surface area contributed by atoms with E-state index in [2.05, 4.69) is 35.8 Å². The number of rotatable bonds is 3. The van der Waals surface area contributed by atoms with Gasteiger partial charge in [0.05, 0.1) is 0 Å². The summed E-state index contributed by atoms with van der Waals surface area (Å²) in [5, 5.41) is 4.24. The number of hydrogen-bond donors (Lipinski definition) is 1. The highest BCUT2D eigenvalue weighted by Gasteiger charge is 2.10. The van der Waals surface area contributed by atoms with Crippen molar-refractivity contribution in [3.8, 4) is 0 Å². The Morgan fingerprint density at radius 2 is 2.25 bits per heavy atom. The average Bonchev–Trinajstić information content (AvgIpc) is 2.40. The third-order valence-corrected chi connectivity index (χ3v) is 2.48. The monoisotopic (exact) mass is 206 g/mol. The lowest BCUT2D eigenvalue weighted by molar-refractivity contribution is 0.306. The van der Waals surface area contributed by atoms with Crippen LogP contribution in [0.4, 0.5) is 0 Å². The fraction of sp³-hybridized carbons (Fsp3) is 0.500. The minimum Gasteiger partial charge on any atom is -0.329 e. The van der Waals surface area contributed by atoms with E-state index in [1.807, 2.05) is 0 Å². The van der Waals surface area contributed by atoms with Crippen molar-refractivity contribution in [2.24, 2.45) is 5.73 Å². The van der Waals surface area contributed by atoms with E-state index in [4.69, 9.17) is 5.73 Å². The molecule has 0 saturated heterocycles. The van der Waals surface area contributed by atoms with Gasteiger partial charge in [0.1, 0.15) is 0 Å². The van der Waals surface area contributed by atoms with Gasteiger partial charge in [-0.2, -0.15) is 11.3 Å². The van der Waals surface area contributed by atoms with Gasteiger partial charge in [0.2, 0.25) is 0 Å². The standard InChI is InChI=1S/C8H14N2S.ClH/c1-10(2)8(5-9)7-3-4-11-6-7;/h3-4,6,8H,5,9H2,1-2H3;1H. The summed E-state index contributed by atoms with van der Waals surface area (Å²) >= 11 is 1.72. The van der Waals surface area contributed by atoms with Gasteiger partial charge in [-0.15, -0.1) is 12.4 Å². The van der Waals surface area contributed by atoms with Crippen molar-refractivity contribution in [1.29, 1.82) is 0 Å². The Bertz CT molecular complexity index is 199. The van der Waals surface area contributed by atoms with Gasteiger partial charge in [0.25, 0.3) is 0 Å². The van der Waals surface area contributed by atoms with Crippen molar-refractivity contribution >= 4 is 23.7 Å². The second-order valence-electron chi connectivity index (χ2n) is 2.77. The SMILES string of the molecule is CN(C)C(CN)c1ccsc1.Cl. The first-order chi connectivity index (χ1) is 5.25. The van der Waals surface area contributed by atoms with Gasteiger partial charge in [0, 0.05) is 12.6 Å². The summed E-state index contributed by atoms with van der Waals surface area (Å²) in [6.45, 7) is 0.684. The van der Waals surface area contributed by atoms with Crippen LogP contribution in [0.2, 0.25) is 0 Å². The fourth-order valence-electron chi connectivity index (χ4n) is 1.11. The van der Waals surface area contributed by atoms with Gasteiger partial charge in [-0.25, -0.2) is 0 Å². The van der Waals surface area contributed by atoms with Gasteiger partial charge in [-0.3, -0.25) is 0 Å². The number of thiophene rings is 1. The maximum absolute atomic E-state index is 5.63. The first-order valence-corrected chi connectivity index (χ1v) is 4.58. The Balaban J connectivity index is 0.00000121. The molecule has 1 aromatic rings. The second kappa shape index (κ2) is 5.54. The van der Waals surface area contributed by atoms with Crippen LogP contribution >= 0.6 is 23.7 Å². The quantitative estimate of drug-likeness (QED) is 0.817. The molecule has 4 heteroatoms. The first kappa shape index (κ1) is 11.9. The smallest absolute Gasteiger partial charge is 0.0472 e. The molecule has 1 aromatic heterocycles. The minimum absolute atomic E-state index is 0. The van der Waals surface area contributed by atoms with E-state index in [9.17, 15) is 0 Å². The molecular formula is C8H15ClN2S. The molecule has 2 nitrogen and oxygen atoms in total. The van der Waals surface area contributed by atoms with Gasteiger partial charge < -0.3 is 10.6 Å². The molecular weight excluding hydrogens is 192 g/mol. The number of halogens is 1. The van der Waals surface area contributed by atoms with Crippen LogP contribution in [0.1, 0.15) is 11.6 Å². The van der Waals surface area contributed by atoms with Crippen LogP contribution in [0.15, 0.2) is 16.8 Å². The molecule has 0 radical (unpaired) electrons. The molecule has 0 bridgehead atoms. The predicted molar refractivity (Wildman–Crippen MR) is 57.0 cm³/mol. The molecule has 0 aromatic carbocycles. The molecule has 2 N–H and O–H groups in total. The van der Waals surface area contributed by atoms with Crippen LogP contribution in [0.25, 0.3) is 0 Å². The Morgan fingerprint density at radius 3 is 2.58 bits per heavy atom. The Kier molecular flexibility index (Phi) is 5.50. The number of nitrogens with two attached hydrogens (primary N) is 1. The first-order valence-electron chi connectivity index (χ1n) is 3.64. The van der Waals surface area contributed by atoms with E-state index >= 15 is 0 Å². The maximum Gasteiger partial charge on any atom is 0.0472 e. The van der Waals surface area contributed by atoms with Crippen molar-refractivity contribution < 1.29 is 0 Å². The third kappa shape index (κ3) is 2.75. The molecule has 1 rings (SSSR count). The fourth-order valence-corrected chi connectivity index (χ4v) is 1.82. The van der Waals surface area contributed by atoms with Crippen LogP contribution in [-0.2, 0) is 0 Å². The third-order valence-electron chi connectivity index (χ3n) is 1.77. The van der Waals surface area contributed by atoms with E-state index in [0.717, 1.165) is 0 Å². The summed E-state index contributed by atoms with van der Waals surface area (Å²) in [6.07, 6.45) is 0. The van der Waals surface area contributed by atoms with Crippen LogP contribution < -0.4 is 5.73 Å². The molecule has 70 valence electrons. The Labute approximate surface area is 83.8 Å². The zero-order chi connectivity index (χ0) is 8.27. The highest BCUT2D eigenvalue weighted by molar-refractivity contribution is 7.07. The van der Waals surface area contributed by atoms with E-state index in [-0.39, 0.29) is 12.4 Å². The highest BCUT2D eigenvalue weighted by atomic mass is 35.5. The Hall–Kier alpha value is -0.0900. The lowest BCUT2D eigenvalue weighted by atomic mass is 10.1. The number of hydrogen-bond acceptors (Lipinski definition) is 3. The normalized spacial score (nSPS) is 12.7. The molecule has 1 atom stereocenters. The molecule has 0 fully saturated rings. The van der Waals surface area contributed by atoms with Gasteiger partial charge in [0.15, 0.2) is 0 Å². The van der Waals surface area contributed by atoms with Crippen molar-refractivity contribution in [1.82, 2.24) is 4.90 Å². The van der Waals surface area contributed by atoms with Crippen molar-refractivity contribution in [3.63, 3.8) is 0 Å². The molecule has 0 saturated carbocycles. The molecule has 0 aliphatic heterocycles. The average molecular weight is 207 g/mol. The van der Waals surface area contributed by atoms with E-state index in [1.54, 1.807) is 11.3 Å². The predicted octanol–water partition coefficient (Wildman–Crippen LogP) is 1.73. The van der Waals surface area contributed by atoms with Gasteiger partial charge >= 0.3 is 0 Å². The van der Waals surface area contributed by atoms with E-state index in [1.165, 1.54) is 5.56 Å². The van der Waals surface area contributed by atoms with E-state index < -0.39 is 0 Å². The topological polar surface area (TPSA) is 29.3 Å². The Morgan fingerprint density at radius 1 is 1.58 bits per heavy atom. The summed E-state index contributed by atoms with van der Waals surface area (Å²) < 4.78 is 0.